The molecule has 0 radical (unpaired) electrons. The van der Waals surface area contributed by atoms with Crippen molar-refractivity contribution >= 4 is 24.2 Å². The first-order chi connectivity index (χ1) is 16.5. The zero-order valence-corrected chi connectivity index (χ0v) is 23.3. The number of likely N-dealkylation sites (N-methyl/N-ethyl adjacent to an activating group) is 1. The third kappa shape index (κ3) is 5.87. The van der Waals surface area contributed by atoms with E-state index in [-0.39, 0.29) is 5.97 Å². The molecule has 2 aliphatic rings. The van der Waals surface area contributed by atoms with Crippen LogP contribution in [0.15, 0.2) is 12.1 Å². The molecule has 0 aromatic heterocycles. The minimum atomic E-state index is -0.536. The molecule has 2 fully saturated rings. The van der Waals surface area contributed by atoms with Crippen molar-refractivity contribution in [1.29, 1.82) is 0 Å². The lowest BCUT2D eigenvalue weighted by molar-refractivity contribution is 0.00578. The number of anilines is 1. The van der Waals surface area contributed by atoms with Gasteiger partial charge in [-0.1, -0.05) is 0 Å². The van der Waals surface area contributed by atoms with Gasteiger partial charge in [-0.15, -0.1) is 0 Å². The van der Waals surface area contributed by atoms with Gasteiger partial charge in [-0.25, -0.2) is 4.79 Å². The van der Waals surface area contributed by atoms with Gasteiger partial charge in [-0.2, -0.15) is 0 Å². The predicted molar refractivity (Wildman–Crippen MR) is 142 cm³/mol. The maximum atomic E-state index is 12.8. The third-order valence-electron chi connectivity index (χ3n) is 8.36. The number of methoxy groups -OCH3 is 2. The average molecular weight is 488 g/mol. The second-order valence-electron chi connectivity index (χ2n) is 11.0. The summed E-state index contributed by atoms with van der Waals surface area (Å²) in [6.45, 7) is 15.0. The van der Waals surface area contributed by atoms with Gasteiger partial charge in [0, 0.05) is 38.0 Å². The fourth-order valence-electron chi connectivity index (χ4n) is 5.31. The summed E-state index contributed by atoms with van der Waals surface area (Å²) >= 11 is 0. The quantitative estimate of drug-likeness (QED) is 0.387. The van der Waals surface area contributed by atoms with Crippen molar-refractivity contribution in [3.8, 4) is 0 Å². The molecule has 0 bridgehead atoms. The Labute approximate surface area is 212 Å². The molecule has 1 aromatic carbocycles. The van der Waals surface area contributed by atoms with Gasteiger partial charge in [-0.05, 0) is 97.4 Å². The highest BCUT2D eigenvalue weighted by atomic mass is 16.7. The maximum absolute atomic E-state index is 12.8. The number of ether oxygens (including phenoxy) is 2. The lowest BCUT2D eigenvalue weighted by Crippen LogP contribution is -2.44. The largest absolute Gasteiger partial charge is 0.494 e. The molecule has 0 atom stereocenters. The molecule has 0 N–H and O–H groups in total. The van der Waals surface area contributed by atoms with Crippen molar-refractivity contribution in [3.63, 3.8) is 0 Å². The minimum absolute atomic E-state index is 0.332. The van der Waals surface area contributed by atoms with E-state index in [1.807, 2.05) is 40.7 Å². The van der Waals surface area contributed by atoms with Gasteiger partial charge in [0.15, 0.2) is 0 Å². The molecular formula is C27H45BN2O5. The summed E-state index contributed by atoms with van der Waals surface area (Å²) in [5.41, 5.74) is 2.53. The first kappa shape index (κ1) is 28.0. The molecule has 196 valence electrons. The first-order valence-corrected chi connectivity index (χ1v) is 13.0. The van der Waals surface area contributed by atoms with Crippen LogP contribution in [0.4, 0.5) is 5.69 Å². The van der Waals surface area contributed by atoms with Crippen LogP contribution in [0.2, 0.25) is 0 Å². The fourth-order valence-corrected chi connectivity index (χ4v) is 5.31. The van der Waals surface area contributed by atoms with Gasteiger partial charge < -0.3 is 28.6 Å². The van der Waals surface area contributed by atoms with E-state index in [2.05, 4.69) is 29.8 Å². The van der Waals surface area contributed by atoms with Crippen LogP contribution in [-0.2, 0) is 18.8 Å². The van der Waals surface area contributed by atoms with Crippen molar-refractivity contribution in [2.75, 3.05) is 45.9 Å². The number of carbonyl (C=O) groups is 1. The smallest absolute Gasteiger partial charge is 0.465 e. The van der Waals surface area contributed by atoms with Gasteiger partial charge in [0.1, 0.15) is 0 Å². The van der Waals surface area contributed by atoms with Crippen LogP contribution in [0, 0.1) is 6.92 Å². The predicted octanol–water partition coefficient (Wildman–Crippen LogP) is 3.80. The summed E-state index contributed by atoms with van der Waals surface area (Å²) in [5.74, 6) is -0.332. The number of hydrogen-bond acceptors (Lipinski definition) is 7. The standard InChI is InChI=1S/C27H45BN2O5/c1-10-30(22-13-11-21(12-14-22)29(7)15-16-32-8)24-18-20(17-23(19(24)2)25(31)33-9)28-34-26(3,4)27(5,6)35-28/h17-18,21-22H,10-16H2,1-9H3. The molecule has 1 aliphatic heterocycles. The van der Waals surface area contributed by atoms with Crippen molar-refractivity contribution in [3.05, 3.63) is 23.3 Å². The lowest BCUT2D eigenvalue weighted by atomic mass is 9.77. The van der Waals surface area contributed by atoms with E-state index in [0.717, 1.165) is 62.1 Å². The number of carbonyl (C=O) groups excluding carboxylic acids is 1. The van der Waals surface area contributed by atoms with Gasteiger partial charge in [-0.3, -0.25) is 0 Å². The Bertz CT molecular complexity index is 867. The zero-order valence-electron chi connectivity index (χ0n) is 23.3. The molecule has 0 amide bonds. The molecule has 0 unspecified atom stereocenters. The monoisotopic (exact) mass is 488 g/mol. The highest BCUT2D eigenvalue weighted by Gasteiger charge is 2.52. The molecule has 1 saturated heterocycles. The van der Waals surface area contributed by atoms with Gasteiger partial charge in [0.2, 0.25) is 0 Å². The maximum Gasteiger partial charge on any atom is 0.494 e. The molecule has 1 aromatic rings. The topological polar surface area (TPSA) is 60.5 Å². The van der Waals surface area contributed by atoms with E-state index in [1.54, 1.807) is 7.11 Å². The highest BCUT2D eigenvalue weighted by molar-refractivity contribution is 6.62. The molecule has 1 aliphatic carbocycles. The van der Waals surface area contributed by atoms with Crippen molar-refractivity contribution < 1.29 is 23.6 Å². The van der Waals surface area contributed by atoms with E-state index in [4.69, 9.17) is 18.8 Å². The Morgan fingerprint density at radius 3 is 2.14 bits per heavy atom. The van der Waals surface area contributed by atoms with Crippen molar-refractivity contribution in [1.82, 2.24) is 4.90 Å². The van der Waals surface area contributed by atoms with E-state index < -0.39 is 18.3 Å². The summed E-state index contributed by atoms with van der Waals surface area (Å²) in [7, 11) is 4.85. The van der Waals surface area contributed by atoms with E-state index in [1.165, 1.54) is 7.11 Å². The summed E-state index contributed by atoms with van der Waals surface area (Å²) in [6, 6.07) is 5.04. The van der Waals surface area contributed by atoms with Gasteiger partial charge in [0.05, 0.1) is 30.5 Å². The molecular weight excluding hydrogens is 443 g/mol. The normalized spacial score (nSPS) is 23.5. The summed E-state index contributed by atoms with van der Waals surface area (Å²) in [6.07, 6.45) is 4.54. The summed E-state index contributed by atoms with van der Waals surface area (Å²) < 4.78 is 23.1. The summed E-state index contributed by atoms with van der Waals surface area (Å²) in [4.78, 5) is 17.6. The van der Waals surface area contributed by atoms with E-state index in [9.17, 15) is 4.79 Å². The van der Waals surface area contributed by atoms with Crippen molar-refractivity contribution in [2.45, 2.75) is 90.5 Å². The number of benzene rings is 1. The van der Waals surface area contributed by atoms with Crippen LogP contribution < -0.4 is 10.4 Å². The lowest BCUT2D eigenvalue weighted by Gasteiger charge is -2.41. The fraction of sp³-hybridized carbons (Fsp3) is 0.741. The van der Waals surface area contributed by atoms with E-state index >= 15 is 0 Å². The van der Waals surface area contributed by atoms with Crippen LogP contribution in [0.5, 0.6) is 0 Å². The van der Waals surface area contributed by atoms with Crippen LogP contribution in [0.25, 0.3) is 0 Å². The van der Waals surface area contributed by atoms with E-state index in [0.29, 0.717) is 17.6 Å². The number of rotatable bonds is 9. The average Bonchev–Trinajstić information content (AvgIpc) is 3.05. The van der Waals surface area contributed by atoms with Crippen molar-refractivity contribution in [2.24, 2.45) is 0 Å². The number of nitrogens with zero attached hydrogens (tertiary/aromatic N) is 2. The second kappa shape index (κ2) is 11.2. The van der Waals surface area contributed by atoms with Gasteiger partial charge in [0.25, 0.3) is 0 Å². The zero-order chi connectivity index (χ0) is 26.0. The summed E-state index contributed by atoms with van der Waals surface area (Å²) in [5, 5.41) is 0. The number of esters is 1. The highest BCUT2D eigenvalue weighted by Crippen LogP contribution is 2.38. The molecule has 8 heteroatoms. The number of hydrogen-bond donors (Lipinski definition) is 0. The Morgan fingerprint density at radius 2 is 1.63 bits per heavy atom. The second-order valence-corrected chi connectivity index (χ2v) is 11.0. The minimum Gasteiger partial charge on any atom is -0.465 e. The molecule has 3 rings (SSSR count). The Balaban J connectivity index is 1.89. The Kier molecular flexibility index (Phi) is 8.95. The van der Waals surface area contributed by atoms with Gasteiger partial charge >= 0.3 is 13.1 Å². The van der Waals surface area contributed by atoms with Crippen LogP contribution in [0.3, 0.4) is 0 Å². The van der Waals surface area contributed by atoms with Crippen LogP contribution >= 0.6 is 0 Å². The molecule has 0 spiro atoms. The van der Waals surface area contributed by atoms with Crippen LogP contribution in [0.1, 0.15) is 76.2 Å². The molecule has 1 heterocycles. The first-order valence-electron chi connectivity index (χ1n) is 13.0. The third-order valence-corrected chi connectivity index (χ3v) is 8.36. The molecule has 1 saturated carbocycles. The van der Waals surface area contributed by atoms with Crippen LogP contribution in [-0.4, -0.2) is 82.2 Å². The molecule has 7 nitrogen and oxygen atoms in total. The molecule has 35 heavy (non-hydrogen) atoms. The Hall–Kier alpha value is -1.61. The Morgan fingerprint density at radius 1 is 1.06 bits per heavy atom. The SMILES string of the molecule is CCN(c1cc(B2OC(C)(C)C(C)(C)O2)cc(C(=O)OC)c1C)C1CCC(N(C)CCOC)CC1.